The third-order valence-corrected chi connectivity index (χ3v) is 6.33. The van der Waals surface area contributed by atoms with Crippen LogP contribution in [0.1, 0.15) is 44.5 Å². The third-order valence-electron chi connectivity index (χ3n) is 6.33. The van der Waals surface area contributed by atoms with Crippen LogP contribution in [0.15, 0.2) is 30.3 Å². The van der Waals surface area contributed by atoms with E-state index in [1.807, 2.05) is 49.2 Å². The van der Waals surface area contributed by atoms with Gasteiger partial charge in [0, 0.05) is 18.7 Å². The number of aliphatic hydroxyl groups excluding tert-OH is 1. The second kappa shape index (κ2) is 7.64. The molecule has 2 aliphatic rings. The van der Waals surface area contributed by atoms with Gasteiger partial charge in [-0.05, 0) is 44.4 Å². The Labute approximate surface area is 165 Å². The zero-order chi connectivity index (χ0) is 19.8. The van der Waals surface area contributed by atoms with Gasteiger partial charge in [-0.25, -0.2) is 9.67 Å². The SMILES string of the molecule is C[C@H](N)c1nc(-c2ccccc2)nn1CC(=O)N(C)C1C[C@H]2CC(O)C[C@H]2C1. The van der Waals surface area contributed by atoms with E-state index >= 15 is 0 Å². The Morgan fingerprint density at radius 1 is 1.25 bits per heavy atom. The minimum Gasteiger partial charge on any atom is -0.393 e. The lowest BCUT2D eigenvalue weighted by Crippen LogP contribution is -2.38. The molecule has 1 amide bonds. The Balaban J connectivity index is 1.47. The van der Waals surface area contributed by atoms with E-state index in [0.717, 1.165) is 31.2 Å². The minimum absolute atomic E-state index is 0.0249. The molecule has 2 saturated carbocycles. The summed E-state index contributed by atoms with van der Waals surface area (Å²) in [4.78, 5) is 19.4. The largest absolute Gasteiger partial charge is 0.393 e. The highest BCUT2D eigenvalue weighted by molar-refractivity contribution is 5.76. The molecule has 1 aromatic heterocycles. The number of fused-ring (bicyclic) bond motifs is 1. The average molecular weight is 383 g/mol. The molecule has 0 bridgehead atoms. The van der Waals surface area contributed by atoms with E-state index in [1.54, 1.807) is 4.68 Å². The number of carbonyl (C=O) groups is 1. The maximum Gasteiger partial charge on any atom is 0.244 e. The van der Waals surface area contributed by atoms with Crippen molar-refractivity contribution in [1.82, 2.24) is 19.7 Å². The summed E-state index contributed by atoms with van der Waals surface area (Å²) in [5, 5.41) is 14.4. The first-order valence-electron chi connectivity index (χ1n) is 10.1. The number of aliphatic hydroxyl groups is 1. The van der Waals surface area contributed by atoms with Crippen molar-refractivity contribution in [2.24, 2.45) is 17.6 Å². The Kier molecular flexibility index (Phi) is 5.21. The number of aromatic nitrogens is 3. The van der Waals surface area contributed by atoms with Crippen LogP contribution in [0.4, 0.5) is 0 Å². The minimum atomic E-state index is -0.310. The molecule has 0 spiro atoms. The van der Waals surface area contributed by atoms with Gasteiger partial charge in [0.1, 0.15) is 12.4 Å². The lowest BCUT2D eigenvalue weighted by molar-refractivity contribution is -0.132. The van der Waals surface area contributed by atoms with Crippen LogP contribution in [-0.4, -0.2) is 49.9 Å². The number of hydrogen-bond acceptors (Lipinski definition) is 5. The zero-order valence-electron chi connectivity index (χ0n) is 16.5. The summed E-state index contributed by atoms with van der Waals surface area (Å²) in [5.74, 6) is 2.33. The first-order chi connectivity index (χ1) is 13.4. The highest BCUT2D eigenvalue weighted by atomic mass is 16.3. The smallest absolute Gasteiger partial charge is 0.244 e. The number of amides is 1. The van der Waals surface area contributed by atoms with Crippen LogP contribution in [-0.2, 0) is 11.3 Å². The van der Waals surface area contributed by atoms with E-state index in [0.29, 0.717) is 23.5 Å². The number of benzene rings is 1. The molecule has 4 rings (SSSR count). The molecule has 3 N–H and O–H groups in total. The molecule has 0 saturated heterocycles. The van der Waals surface area contributed by atoms with Crippen molar-refractivity contribution in [2.75, 3.05) is 7.05 Å². The molecule has 2 fully saturated rings. The van der Waals surface area contributed by atoms with Gasteiger partial charge in [0.05, 0.1) is 12.1 Å². The summed E-state index contributed by atoms with van der Waals surface area (Å²) in [6, 6.07) is 9.65. The fourth-order valence-electron chi connectivity index (χ4n) is 4.83. The van der Waals surface area contributed by atoms with Gasteiger partial charge in [0.2, 0.25) is 5.91 Å². The van der Waals surface area contributed by atoms with Crippen LogP contribution in [0, 0.1) is 11.8 Å². The Morgan fingerprint density at radius 2 is 1.89 bits per heavy atom. The number of rotatable bonds is 5. The van der Waals surface area contributed by atoms with Gasteiger partial charge in [-0.3, -0.25) is 4.79 Å². The Bertz CT molecular complexity index is 821. The van der Waals surface area contributed by atoms with Gasteiger partial charge < -0.3 is 15.7 Å². The standard InChI is InChI=1S/C21H29N5O2/c1-13(22)21-23-20(14-6-4-3-5-7-14)24-26(21)12-19(28)25(2)17-8-15-10-18(27)11-16(15)9-17/h3-7,13,15-18,27H,8-12,22H2,1-2H3/t13-,15-,16+,17?,18?/m0/s1. The number of carbonyl (C=O) groups excluding carboxylic acids is 1. The first kappa shape index (κ1) is 19.1. The predicted molar refractivity (Wildman–Crippen MR) is 106 cm³/mol. The summed E-state index contributed by atoms with van der Waals surface area (Å²) in [7, 11) is 1.88. The van der Waals surface area contributed by atoms with Crippen molar-refractivity contribution >= 4 is 5.91 Å². The lowest BCUT2D eigenvalue weighted by atomic mass is 10.0. The first-order valence-corrected chi connectivity index (χ1v) is 10.1. The van der Waals surface area contributed by atoms with Gasteiger partial charge in [-0.15, -0.1) is 0 Å². The van der Waals surface area contributed by atoms with Crippen molar-refractivity contribution in [3.8, 4) is 11.4 Å². The van der Waals surface area contributed by atoms with Crippen molar-refractivity contribution in [3.63, 3.8) is 0 Å². The van der Waals surface area contributed by atoms with Crippen LogP contribution >= 0.6 is 0 Å². The van der Waals surface area contributed by atoms with Crippen molar-refractivity contribution in [1.29, 1.82) is 0 Å². The molecule has 0 radical (unpaired) electrons. The Morgan fingerprint density at radius 3 is 2.50 bits per heavy atom. The van der Waals surface area contributed by atoms with E-state index in [-0.39, 0.29) is 30.6 Å². The highest BCUT2D eigenvalue weighted by Crippen LogP contribution is 2.45. The van der Waals surface area contributed by atoms with Crippen LogP contribution in [0.25, 0.3) is 11.4 Å². The molecule has 2 aromatic rings. The van der Waals surface area contributed by atoms with E-state index in [2.05, 4.69) is 10.1 Å². The highest BCUT2D eigenvalue weighted by Gasteiger charge is 2.43. The van der Waals surface area contributed by atoms with E-state index in [1.165, 1.54) is 0 Å². The van der Waals surface area contributed by atoms with Gasteiger partial charge in [0.15, 0.2) is 5.82 Å². The van der Waals surface area contributed by atoms with Crippen molar-refractivity contribution in [2.45, 2.75) is 57.3 Å². The molecule has 2 aliphatic carbocycles. The maximum atomic E-state index is 13.0. The number of nitrogens with zero attached hydrogens (tertiary/aromatic N) is 4. The summed E-state index contributed by atoms with van der Waals surface area (Å²) >= 11 is 0. The molecule has 28 heavy (non-hydrogen) atoms. The molecule has 150 valence electrons. The average Bonchev–Trinajstić information content (AvgIpc) is 3.34. The summed E-state index contributed by atoms with van der Waals surface area (Å²) in [5.41, 5.74) is 6.99. The molecule has 7 nitrogen and oxygen atoms in total. The van der Waals surface area contributed by atoms with Crippen LogP contribution in [0.5, 0.6) is 0 Å². The summed E-state index contributed by atoms with van der Waals surface area (Å²) < 4.78 is 1.64. The molecule has 1 aromatic carbocycles. The van der Waals surface area contributed by atoms with Crippen LogP contribution in [0.3, 0.4) is 0 Å². The van der Waals surface area contributed by atoms with E-state index in [9.17, 15) is 9.90 Å². The Hall–Kier alpha value is -2.25. The monoisotopic (exact) mass is 383 g/mol. The molecular weight excluding hydrogens is 354 g/mol. The van der Waals surface area contributed by atoms with Gasteiger partial charge in [0.25, 0.3) is 0 Å². The molecule has 7 heteroatoms. The van der Waals surface area contributed by atoms with Gasteiger partial charge in [-0.1, -0.05) is 30.3 Å². The maximum absolute atomic E-state index is 13.0. The molecular formula is C21H29N5O2. The normalized spacial score (nSPS) is 27.6. The third kappa shape index (κ3) is 3.69. The van der Waals surface area contributed by atoms with E-state index < -0.39 is 0 Å². The quantitative estimate of drug-likeness (QED) is 0.823. The summed E-state index contributed by atoms with van der Waals surface area (Å²) in [6.07, 6.45) is 3.56. The number of nitrogens with two attached hydrogens (primary N) is 1. The second-order valence-corrected chi connectivity index (χ2v) is 8.38. The fraction of sp³-hybridized carbons (Fsp3) is 0.571. The second-order valence-electron chi connectivity index (χ2n) is 8.38. The number of hydrogen-bond donors (Lipinski definition) is 2. The lowest BCUT2D eigenvalue weighted by Gasteiger charge is -2.26. The van der Waals surface area contributed by atoms with E-state index in [4.69, 9.17) is 5.73 Å². The van der Waals surface area contributed by atoms with Gasteiger partial charge >= 0.3 is 0 Å². The molecule has 1 heterocycles. The van der Waals surface area contributed by atoms with Crippen molar-refractivity contribution in [3.05, 3.63) is 36.2 Å². The number of likely N-dealkylation sites (N-methyl/N-ethyl adjacent to an activating group) is 1. The topological polar surface area (TPSA) is 97.3 Å². The summed E-state index contributed by atoms with van der Waals surface area (Å²) in [6.45, 7) is 1.99. The van der Waals surface area contributed by atoms with Gasteiger partial charge in [-0.2, -0.15) is 5.10 Å². The van der Waals surface area contributed by atoms with Crippen LogP contribution < -0.4 is 5.73 Å². The molecule has 2 unspecified atom stereocenters. The van der Waals surface area contributed by atoms with Crippen molar-refractivity contribution < 1.29 is 9.90 Å². The van der Waals surface area contributed by atoms with Crippen LogP contribution in [0.2, 0.25) is 0 Å². The molecule has 0 aliphatic heterocycles. The fourth-order valence-corrected chi connectivity index (χ4v) is 4.83. The molecule has 5 atom stereocenters. The zero-order valence-corrected chi connectivity index (χ0v) is 16.5. The predicted octanol–water partition coefficient (Wildman–Crippen LogP) is 1.97.